The Kier molecular flexibility index (Phi) is 16.4. The first-order valence-electron chi connectivity index (χ1n) is 10.4. The van der Waals surface area contributed by atoms with Crippen LogP contribution in [0.5, 0.6) is 0 Å². The third-order valence-electron chi connectivity index (χ3n) is 5.04. The van der Waals surface area contributed by atoms with Crippen molar-refractivity contribution in [3.05, 3.63) is 0 Å². The first-order chi connectivity index (χ1) is 12.1. The number of carboxylic acids is 1. The summed E-state index contributed by atoms with van der Waals surface area (Å²) >= 11 is 0. The third kappa shape index (κ3) is 14.2. The maximum absolute atomic E-state index is 11.3. The van der Waals surface area contributed by atoms with E-state index < -0.39 is 5.97 Å². The number of quaternary nitrogens is 1. The number of carboxylic acid groups (broad SMARTS) is 1. The van der Waals surface area contributed by atoms with Crippen LogP contribution in [0.15, 0.2) is 0 Å². The molecular weight excluding hydrogens is 318 g/mol. The minimum atomic E-state index is -0.789. The summed E-state index contributed by atoms with van der Waals surface area (Å²) in [6.07, 6.45) is 13.9. The van der Waals surface area contributed by atoms with Gasteiger partial charge in [-0.2, -0.15) is 0 Å². The first-order valence-corrected chi connectivity index (χ1v) is 10.4. The molecular formula is C20H42NO4+. The average molecular weight is 361 g/mol. The van der Waals surface area contributed by atoms with Crippen molar-refractivity contribution in [2.75, 3.05) is 39.4 Å². The van der Waals surface area contributed by atoms with E-state index in [0.717, 1.165) is 19.4 Å². The molecule has 0 radical (unpaired) electrons. The van der Waals surface area contributed by atoms with E-state index in [0.29, 0.717) is 30.4 Å². The minimum Gasteiger partial charge on any atom is -0.477 e. The van der Waals surface area contributed by atoms with E-state index >= 15 is 0 Å². The van der Waals surface area contributed by atoms with E-state index in [1.165, 1.54) is 51.4 Å². The van der Waals surface area contributed by atoms with Crippen LogP contribution in [-0.4, -0.2) is 65.2 Å². The molecule has 5 nitrogen and oxygen atoms in total. The van der Waals surface area contributed by atoms with Crippen molar-refractivity contribution in [2.24, 2.45) is 0 Å². The Morgan fingerprint density at radius 1 is 0.680 bits per heavy atom. The fraction of sp³-hybridized carbons (Fsp3) is 0.950. The predicted molar refractivity (Wildman–Crippen MR) is 103 cm³/mol. The van der Waals surface area contributed by atoms with Crippen LogP contribution < -0.4 is 0 Å². The number of rotatable bonds is 19. The lowest BCUT2D eigenvalue weighted by Crippen LogP contribution is -2.53. The lowest BCUT2D eigenvalue weighted by Gasteiger charge is -2.37. The van der Waals surface area contributed by atoms with Crippen LogP contribution in [0.4, 0.5) is 0 Å². The number of unbranched alkanes of at least 4 members (excludes halogenated alkanes) is 9. The Balaban J connectivity index is 4.08. The number of carbonyl (C=O) groups is 1. The van der Waals surface area contributed by atoms with E-state index in [1.54, 1.807) is 0 Å². The van der Waals surface area contributed by atoms with E-state index in [4.69, 9.17) is 10.2 Å². The zero-order chi connectivity index (χ0) is 18.8. The van der Waals surface area contributed by atoms with E-state index in [-0.39, 0.29) is 19.8 Å². The molecule has 150 valence electrons. The molecule has 0 unspecified atom stereocenters. The van der Waals surface area contributed by atoms with Gasteiger partial charge in [0.25, 0.3) is 0 Å². The van der Waals surface area contributed by atoms with Crippen LogP contribution in [0.2, 0.25) is 0 Å². The SMILES string of the molecule is CCCCCCCCCCCC[N+](CCCO)(CCCO)CC(=O)O. The van der Waals surface area contributed by atoms with Gasteiger partial charge < -0.3 is 19.8 Å². The van der Waals surface area contributed by atoms with Gasteiger partial charge in [-0.15, -0.1) is 0 Å². The van der Waals surface area contributed by atoms with Crippen molar-refractivity contribution in [2.45, 2.75) is 84.0 Å². The van der Waals surface area contributed by atoms with E-state index in [9.17, 15) is 9.90 Å². The minimum absolute atomic E-state index is 0.0940. The number of aliphatic carboxylic acids is 1. The average Bonchev–Trinajstić information content (AvgIpc) is 2.59. The highest BCUT2D eigenvalue weighted by Crippen LogP contribution is 2.15. The molecule has 0 amide bonds. The van der Waals surface area contributed by atoms with Gasteiger partial charge in [0.1, 0.15) is 0 Å². The largest absolute Gasteiger partial charge is 0.477 e. The van der Waals surface area contributed by atoms with E-state index in [2.05, 4.69) is 6.92 Å². The van der Waals surface area contributed by atoms with Gasteiger partial charge in [0.2, 0.25) is 0 Å². The highest BCUT2D eigenvalue weighted by atomic mass is 16.4. The van der Waals surface area contributed by atoms with Crippen molar-refractivity contribution in [1.82, 2.24) is 0 Å². The number of nitrogens with zero attached hydrogens (tertiary/aromatic N) is 1. The molecule has 0 bridgehead atoms. The first kappa shape index (κ1) is 24.4. The van der Waals surface area contributed by atoms with Crippen molar-refractivity contribution < 1.29 is 24.6 Å². The molecule has 3 N–H and O–H groups in total. The fourth-order valence-corrected chi connectivity index (χ4v) is 3.61. The van der Waals surface area contributed by atoms with Crippen molar-refractivity contribution in [3.63, 3.8) is 0 Å². The molecule has 0 spiro atoms. The van der Waals surface area contributed by atoms with Crippen LogP contribution in [-0.2, 0) is 4.79 Å². The molecule has 0 heterocycles. The zero-order valence-electron chi connectivity index (χ0n) is 16.4. The molecule has 0 fully saturated rings. The summed E-state index contributed by atoms with van der Waals surface area (Å²) in [6.45, 7) is 4.72. The summed E-state index contributed by atoms with van der Waals surface area (Å²) in [5.41, 5.74) is 0. The topological polar surface area (TPSA) is 77.8 Å². The van der Waals surface area contributed by atoms with Gasteiger partial charge in [0.15, 0.2) is 6.54 Å². The Hall–Kier alpha value is -0.650. The molecule has 0 saturated carbocycles. The Morgan fingerprint density at radius 3 is 1.48 bits per heavy atom. The van der Waals surface area contributed by atoms with Crippen molar-refractivity contribution >= 4 is 5.97 Å². The van der Waals surface area contributed by atoms with Gasteiger partial charge in [-0.05, 0) is 12.8 Å². The number of hydrogen-bond donors (Lipinski definition) is 3. The molecule has 0 aromatic heterocycles. The van der Waals surface area contributed by atoms with Crippen LogP contribution in [0.25, 0.3) is 0 Å². The van der Waals surface area contributed by atoms with Crippen LogP contribution in [0.1, 0.15) is 84.0 Å². The maximum atomic E-state index is 11.3. The summed E-state index contributed by atoms with van der Waals surface area (Å²) < 4.78 is 0.494. The summed E-state index contributed by atoms with van der Waals surface area (Å²) in [6, 6.07) is 0. The maximum Gasteiger partial charge on any atom is 0.359 e. The lowest BCUT2D eigenvalue weighted by atomic mass is 10.1. The summed E-state index contributed by atoms with van der Waals surface area (Å²) in [5, 5.41) is 27.5. The molecule has 5 heteroatoms. The second kappa shape index (κ2) is 16.8. The standard InChI is InChI=1S/C20H41NO4/c1-2-3-4-5-6-7-8-9-10-11-14-21(15-12-17-22,16-13-18-23)19-20(24)25/h22-23H,2-19H2,1H3/p+1. The summed E-state index contributed by atoms with van der Waals surface area (Å²) in [4.78, 5) is 11.3. The second-order valence-electron chi connectivity index (χ2n) is 7.40. The van der Waals surface area contributed by atoms with Crippen molar-refractivity contribution in [3.8, 4) is 0 Å². The molecule has 0 rings (SSSR count). The van der Waals surface area contributed by atoms with Gasteiger partial charge >= 0.3 is 5.97 Å². The quantitative estimate of drug-likeness (QED) is 0.243. The molecule has 25 heavy (non-hydrogen) atoms. The third-order valence-corrected chi connectivity index (χ3v) is 5.04. The van der Waals surface area contributed by atoms with Gasteiger partial charge in [0.05, 0.1) is 19.6 Å². The second-order valence-corrected chi connectivity index (χ2v) is 7.40. The lowest BCUT2D eigenvalue weighted by molar-refractivity contribution is -0.922. The Labute approximate surface area is 154 Å². The Bertz CT molecular complexity index is 302. The van der Waals surface area contributed by atoms with Crippen LogP contribution in [0, 0.1) is 0 Å². The molecule has 0 saturated heterocycles. The molecule has 0 atom stereocenters. The van der Waals surface area contributed by atoms with Gasteiger partial charge in [-0.25, -0.2) is 4.79 Å². The number of hydrogen-bond acceptors (Lipinski definition) is 3. The molecule has 0 aliphatic carbocycles. The van der Waals surface area contributed by atoms with Crippen molar-refractivity contribution in [1.29, 1.82) is 0 Å². The monoisotopic (exact) mass is 360 g/mol. The number of aliphatic hydroxyl groups is 2. The van der Waals surface area contributed by atoms with E-state index in [1.807, 2.05) is 0 Å². The highest BCUT2D eigenvalue weighted by molar-refractivity contribution is 5.67. The molecule has 0 aliphatic heterocycles. The predicted octanol–water partition coefficient (Wildman–Crippen LogP) is 3.57. The van der Waals surface area contributed by atoms with Gasteiger partial charge in [0, 0.05) is 26.1 Å². The van der Waals surface area contributed by atoms with Gasteiger partial charge in [-0.3, -0.25) is 0 Å². The van der Waals surface area contributed by atoms with Crippen LogP contribution in [0.3, 0.4) is 0 Å². The molecule has 0 aromatic rings. The molecule has 0 aromatic carbocycles. The zero-order valence-corrected chi connectivity index (χ0v) is 16.4. The van der Waals surface area contributed by atoms with Crippen LogP contribution >= 0.6 is 0 Å². The highest BCUT2D eigenvalue weighted by Gasteiger charge is 2.29. The number of aliphatic hydroxyl groups excluding tert-OH is 2. The fourth-order valence-electron chi connectivity index (χ4n) is 3.61. The normalized spacial score (nSPS) is 11.8. The Morgan fingerprint density at radius 2 is 1.08 bits per heavy atom. The smallest absolute Gasteiger partial charge is 0.359 e. The summed E-state index contributed by atoms with van der Waals surface area (Å²) in [7, 11) is 0. The molecule has 0 aliphatic rings. The van der Waals surface area contributed by atoms with Gasteiger partial charge in [-0.1, -0.05) is 58.3 Å². The summed E-state index contributed by atoms with van der Waals surface area (Å²) in [5.74, 6) is -0.789.